The van der Waals surface area contributed by atoms with E-state index in [9.17, 15) is 66.4 Å². The smallest absolute Gasteiger partial charge is 0.187 e. The van der Waals surface area contributed by atoms with Crippen LogP contribution in [0.1, 0.15) is 6.92 Å². The maximum Gasteiger partial charge on any atom is 0.187 e. The summed E-state index contributed by atoms with van der Waals surface area (Å²) in [6, 6.07) is 0. The molecule has 4 aliphatic rings. The predicted octanol–water partition coefficient (Wildman–Crippen LogP) is -8.72. The fraction of sp³-hybridized carbons (Fsp3) is 1.00. The lowest BCUT2D eigenvalue weighted by Gasteiger charge is -2.50. The van der Waals surface area contributed by atoms with Crippen molar-refractivity contribution in [1.29, 1.82) is 0 Å². The largest absolute Gasteiger partial charge is 0.394 e. The first-order valence-electron chi connectivity index (χ1n) is 14.0. The zero-order valence-corrected chi connectivity index (χ0v) is 23.3. The topological polar surface area (TPSA) is 328 Å². The molecule has 0 spiro atoms. The van der Waals surface area contributed by atoms with Gasteiger partial charge in [-0.1, -0.05) is 0 Å². The molecule has 0 aromatic carbocycles. The highest BCUT2D eigenvalue weighted by Crippen LogP contribution is 2.35. The van der Waals surface area contributed by atoms with Gasteiger partial charge in [0.15, 0.2) is 25.2 Å². The molecular weight excluding hydrogens is 608 g/mol. The van der Waals surface area contributed by atoms with E-state index in [1.165, 1.54) is 6.92 Å². The van der Waals surface area contributed by atoms with Crippen LogP contribution < -0.4 is 0 Å². The summed E-state index contributed by atoms with van der Waals surface area (Å²) in [4.78, 5) is 0. The van der Waals surface area contributed by atoms with E-state index >= 15 is 0 Å². The van der Waals surface area contributed by atoms with E-state index in [2.05, 4.69) is 0 Å². The van der Waals surface area contributed by atoms with Crippen LogP contribution in [-0.2, 0) is 33.2 Å². The first-order chi connectivity index (χ1) is 20.7. The Bertz CT molecular complexity index is 898. The first-order valence-corrected chi connectivity index (χ1v) is 14.0. The van der Waals surface area contributed by atoms with E-state index in [1.54, 1.807) is 0 Å². The van der Waals surface area contributed by atoms with Crippen LogP contribution >= 0.6 is 0 Å². The minimum absolute atomic E-state index is 0.813. The van der Waals surface area contributed by atoms with Crippen molar-refractivity contribution < 1.29 is 99.5 Å². The zero-order valence-electron chi connectivity index (χ0n) is 23.3. The Hall–Kier alpha value is -0.800. The number of hydrogen-bond acceptors (Lipinski definition) is 20. The van der Waals surface area contributed by atoms with Crippen molar-refractivity contribution in [2.24, 2.45) is 0 Å². The van der Waals surface area contributed by atoms with Crippen molar-refractivity contribution in [3.8, 4) is 0 Å². The van der Waals surface area contributed by atoms with Crippen LogP contribution in [0.5, 0.6) is 0 Å². The van der Waals surface area contributed by atoms with Gasteiger partial charge >= 0.3 is 0 Å². The second-order valence-electron chi connectivity index (χ2n) is 11.1. The molecule has 0 unspecified atom stereocenters. The lowest BCUT2D eigenvalue weighted by atomic mass is 9.95. The molecule has 4 aliphatic heterocycles. The zero-order chi connectivity index (χ0) is 32.6. The molecule has 0 aliphatic carbocycles. The maximum absolute atomic E-state index is 11.4. The Kier molecular flexibility index (Phi) is 12.3. The molecule has 0 bridgehead atoms. The molecule has 0 amide bonds. The van der Waals surface area contributed by atoms with Crippen LogP contribution in [-0.4, -0.2) is 209 Å². The molecule has 20 nitrogen and oxygen atoms in total. The first kappa shape index (κ1) is 36.0. The summed E-state index contributed by atoms with van der Waals surface area (Å²) in [5.74, 6) is 0. The van der Waals surface area contributed by atoms with Gasteiger partial charge in [-0.15, -0.1) is 0 Å². The van der Waals surface area contributed by atoms with Gasteiger partial charge in [-0.2, -0.15) is 0 Å². The van der Waals surface area contributed by atoms with Crippen LogP contribution in [0.4, 0.5) is 0 Å². The second-order valence-corrected chi connectivity index (χ2v) is 11.1. The monoisotopic (exact) mass is 650 g/mol. The summed E-state index contributed by atoms with van der Waals surface area (Å²) in [6.45, 7) is -1.22. The summed E-state index contributed by atoms with van der Waals surface area (Å²) >= 11 is 0. The normalized spacial score (nSPS) is 53.9. The molecular formula is C24H42O20. The molecule has 44 heavy (non-hydrogen) atoms. The SMILES string of the molecule is C[C@@H]1O[C@@H](O[C@@H]2[C@@H](O)[C@H](O[C@H]3[C@H](O)[C@@H](O)[C@H](O)O[C@@H]3CO)O[C@H](CO)[C@@H]2O[C@H]2O[C@H](CO)[C@H](O)[C@H](O)[C@H]2O)[C@H](O)[C@H](O)[C@H]1O. The van der Waals surface area contributed by atoms with Crippen molar-refractivity contribution in [3.05, 3.63) is 0 Å². The molecule has 20 heteroatoms. The van der Waals surface area contributed by atoms with E-state index in [0.717, 1.165) is 0 Å². The highest BCUT2D eigenvalue weighted by molar-refractivity contribution is 4.98. The van der Waals surface area contributed by atoms with E-state index in [0.29, 0.717) is 0 Å². The molecule has 258 valence electrons. The predicted molar refractivity (Wildman–Crippen MR) is 132 cm³/mol. The van der Waals surface area contributed by atoms with Gasteiger partial charge in [-0.05, 0) is 6.92 Å². The Balaban J connectivity index is 1.63. The van der Waals surface area contributed by atoms with Gasteiger partial charge < -0.3 is 99.5 Å². The Morgan fingerprint density at radius 1 is 0.409 bits per heavy atom. The summed E-state index contributed by atoms with van der Waals surface area (Å²) in [6.07, 6.45) is -34.7. The molecule has 4 saturated heterocycles. The van der Waals surface area contributed by atoms with Gasteiger partial charge in [0, 0.05) is 0 Å². The van der Waals surface area contributed by atoms with Crippen molar-refractivity contribution in [3.63, 3.8) is 0 Å². The fourth-order valence-electron chi connectivity index (χ4n) is 5.48. The third-order valence-electron chi connectivity index (χ3n) is 8.16. The van der Waals surface area contributed by atoms with Gasteiger partial charge in [-0.3, -0.25) is 0 Å². The van der Waals surface area contributed by atoms with Crippen molar-refractivity contribution >= 4 is 0 Å². The van der Waals surface area contributed by atoms with Gasteiger partial charge in [0.2, 0.25) is 0 Å². The number of aliphatic hydroxyl groups excluding tert-OH is 13. The molecule has 0 aromatic rings. The minimum atomic E-state index is -2.03. The molecule has 20 atom stereocenters. The Labute approximate surface area is 249 Å². The molecule has 13 N–H and O–H groups in total. The summed E-state index contributed by atoms with van der Waals surface area (Å²) < 4.78 is 38.7. The molecule has 4 heterocycles. The van der Waals surface area contributed by atoms with Crippen LogP contribution in [0.25, 0.3) is 0 Å². The average molecular weight is 651 g/mol. The molecule has 0 saturated carbocycles. The highest BCUT2D eigenvalue weighted by atomic mass is 16.8. The van der Waals surface area contributed by atoms with Crippen LogP contribution in [0.15, 0.2) is 0 Å². The molecule has 0 radical (unpaired) electrons. The lowest BCUT2D eigenvalue weighted by Crippen LogP contribution is -2.68. The summed E-state index contributed by atoms with van der Waals surface area (Å²) in [5.41, 5.74) is 0. The van der Waals surface area contributed by atoms with Crippen molar-refractivity contribution in [2.45, 2.75) is 130 Å². The minimum Gasteiger partial charge on any atom is -0.394 e. The quantitative estimate of drug-likeness (QED) is 0.110. The number of aliphatic hydroxyl groups is 13. The number of ether oxygens (including phenoxy) is 7. The van der Waals surface area contributed by atoms with E-state index in [-0.39, 0.29) is 0 Å². The molecule has 4 rings (SSSR count). The fourth-order valence-corrected chi connectivity index (χ4v) is 5.48. The average Bonchev–Trinajstić information content (AvgIpc) is 3.01. The van der Waals surface area contributed by atoms with E-state index in [1.807, 2.05) is 0 Å². The maximum atomic E-state index is 11.4. The molecule has 4 fully saturated rings. The van der Waals surface area contributed by atoms with Gasteiger partial charge in [-0.25, -0.2) is 0 Å². The second kappa shape index (κ2) is 15.0. The summed E-state index contributed by atoms with van der Waals surface area (Å²) in [7, 11) is 0. The lowest BCUT2D eigenvalue weighted by molar-refractivity contribution is -0.397. The standard InChI is InChI=1S/C24H42O20/c1-5-9(28)11(30)15(34)22(38-5)44-20-17(36)24(42-18-7(3-26)39-21(37)14(33)13(18)32)41-8(4-27)19(20)43-23-16(35)12(31)10(29)6(2-25)40-23/h5-37H,2-4H2,1H3/t5-,6+,7+,8+,9-,10-,11+,12-,13+,14+,15+,16+,17+,18+,19-,20+,21+,22-,23+,24-/m0/s1. The number of rotatable bonds is 9. The summed E-state index contributed by atoms with van der Waals surface area (Å²) in [5, 5.41) is 133. The molecule has 0 aromatic heterocycles. The van der Waals surface area contributed by atoms with Gasteiger partial charge in [0.25, 0.3) is 0 Å². The Morgan fingerprint density at radius 3 is 1.45 bits per heavy atom. The van der Waals surface area contributed by atoms with Gasteiger partial charge in [0.05, 0.1) is 25.9 Å². The Morgan fingerprint density at radius 2 is 0.864 bits per heavy atom. The van der Waals surface area contributed by atoms with Crippen molar-refractivity contribution in [2.75, 3.05) is 19.8 Å². The van der Waals surface area contributed by atoms with Crippen LogP contribution in [0.3, 0.4) is 0 Å². The third-order valence-corrected chi connectivity index (χ3v) is 8.16. The third kappa shape index (κ3) is 7.05. The van der Waals surface area contributed by atoms with E-state index in [4.69, 9.17) is 33.2 Å². The van der Waals surface area contributed by atoms with Crippen molar-refractivity contribution in [1.82, 2.24) is 0 Å². The van der Waals surface area contributed by atoms with Gasteiger partial charge in [0.1, 0.15) is 91.6 Å². The van der Waals surface area contributed by atoms with Crippen LogP contribution in [0, 0.1) is 0 Å². The van der Waals surface area contributed by atoms with E-state index < -0.39 is 143 Å². The number of hydrogen-bond donors (Lipinski definition) is 13. The van der Waals surface area contributed by atoms with Crippen LogP contribution in [0.2, 0.25) is 0 Å². The highest BCUT2D eigenvalue weighted by Gasteiger charge is 2.56.